The average Bonchev–Trinajstić information content (AvgIpc) is 1.76. The minimum absolute atomic E-state index is 0.000000000000000111. The van der Waals surface area contributed by atoms with Crippen LogP contribution in [0.1, 0.15) is 0 Å². The molecule has 0 radical (unpaired) electrons. The fraction of sp³-hybridized carbons (Fsp3) is 1.00. The Morgan fingerprint density at radius 2 is 1.80 bits per heavy atom. The molecule has 0 aromatic heterocycles. The highest BCUT2D eigenvalue weighted by Crippen LogP contribution is 2.72. The molecule has 1 aliphatic rings. The van der Waals surface area contributed by atoms with Gasteiger partial charge in [0.2, 0.25) is 0 Å². The fourth-order valence-electron chi connectivity index (χ4n) is 0.0962. The average molecular weight is 108 g/mol. The van der Waals surface area contributed by atoms with Gasteiger partial charge in [0.15, 0.2) is 0 Å². The standard InChI is InChI=1S/C3H8S2/c1-5(2)3-4-5/h3H2,1-2H3. The van der Waals surface area contributed by atoms with Crippen molar-refractivity contribution in [2.45, 2.75) is 0 Å². The van der Waals surface area contributed by atoms with Gasteiger partial charge in [-0.1, -0.05) is 0 Å². The molecule has 1 saturated heterocycles. The molecule has 1 rings (SSSR count). The summed E-state index contributed by atoms with van der Waals surface area (Å²) in [5, 5.41) is 1.45. The molecule has 1 heterocycles. The Bertz CT molecular complexity index is 42.9. The van der Waals surface area contributed by atoms with Gasteiger partial charge in [0.25, 0.3) is 0 Å². The van der Waals surface area contributed by atoms with E-state index in [2.05, 4.69) is 23.3 Å². The van der Waals surface area contributed by atoms with E-state index in [4.69, 9.17) is 0 Å². The minimum atomic E-state index is -0.000000000000000111. The summed E-state index contributed by atoms with van der Waals surface area (Å²) in [5.74, 6) is 0. The van der Waals surface area contributed by atoms with E-state index < -0.39 is 0 Å². The molecule has 0 aromatic rings. The zero-order valence-electron chi connectivity index (χ0n) is 3.52. The van der Waals surface area contributed by atoms with Crippen LogP contribution in [0.2, 0.25) is 0 Å². The van der Waals surface area contributed by atoms with Crippen molar-refractivity contribution in [1.29, 1.82) is 0 Å². The molecule has 1 aliphatic heterocycles. The van der Waals surface area contributed by atoms with Crippen molar-refractivity contribution in [1.82, 2.24) is 0 Å². The van der Waals surface area contributed by atoms with Crippen molar-refractivity contribution < 1.29 is 0 Å². The smallest absolute Gasteiger partial charge is 0.0402 e. The van der Waals surface area contributed by atoms with Gasteiger partial charge in [-0.3, -0.25) is 0 Å². The molecule has 0 N–H and O–H groups in total. The molecule has 0 aromatic carbocycles. The Kier molecular flexibility index (Phi) is 0.659. The number of hydrogen-bond donors (Lipinski definition) is 0. The van der Waals surface area contributed by atoms with Crippen LogP contribution in [0.4, 0.5) is 0 Å². The third kappa shape index (κ3) is 1.05. The fourth-order valence-corrected chi connectivity index (χ4v) is 2.60. The predicted molar refractivity (Wildman–Crippen MR) is 31.9 cm³/mol. The summed E-state index contributed by atoms with van der Waals surface area (Å²) in [4.78, 5) is 0. The third-order valence-electron chi connectivity index (χ3n) is 0.589. The lowest BCUT2D eigenvalue weighted by Crippen LogP contribution is -1.58. The first-order valence-corrected chi connectivity index (χ1v) is 5.68. The second kappa shape index (κ2) is 0.850. The summed E-state index contributed by atoms with van der Waals surface area (Å²) in [5.41, 5.74) is 0. The molecule has 32 valence electrons. The second-order valence-corrected chi connectivity index (χ2v) is 9.14. The third-order valence-corrected chi connectivity index (χ3v) is 5.30. The second-order valence-electron chi connectivity index (χ2n) is 1.67. The van der Waals surface area contributed by atoms with Gasteiger partial charge in [-0.15, -0.1) is 10.8 Å². The Morgan fingerprint density at radius 1 is 1.60 bits per heavy atom. The number of hydrogen-bond acceptors (Lipinski definition) is 1. The van der Waals surface area contributed by atoms with E-state index in [-0.39, 0.29) is 9.06 Å². The largest absolute Gasteiger partial charge is 0.188 e. The van der Waals surface area contributed by atoms with Gasteiger partial charge in [0.05, 0.1) is 0 Å². The summed E-state index contributed by atoms with van der Waals surface area (Å²) in [6.07, 6.45) is 4.69. The van der Waals surface area contributed by atoms with E-state index in [1.165, 1.54) is 5.08 Å². The van der Waals surface area contributed by atoms with Gasteiger partial charge in [0.1, 0.15) is 0 Å². The lowest BCUT2D eigenvalue weighted by Gasteiger charge is -1.93. The molecule has 0 unspecified atom stereocenters. The monoisotopic (exact) mass is 108 g/mol. The van der Waals surface area contributed by atoms with Crippen LogP contribution in [-0.4, -0.2) is 17.6 Å². The predicted octanol–water partition coefficient (Wildman–Crippen LogP) is 1.67. The van der Waals surface area contributed by atoms with Crippen molar-refractivity contribution in [2.75, 3.05) is 17.6 Å². The molecule has 0 spiro atoms. The maximum absolute atomic E-state index is 2.34. The molecule has 2 heteroatoms. The van der Waals surface area contributed by atoms with Gasteiger partial charge in [-0.25, -0.2) is 0 Å². The van der Waals surface area contributed by atoms with E-state index in [1.54, 1.807) is 0 Å². The van der Waals surface area contributed by atoms with Crippen LogP contribution >= 0.6 is 19.9 Å². The topological polar surface area (TPSA) is 0 Å². The van der Waals surface area contributed by atoms with Crippen molar-refractivity contribution >= 4 is 19.9 Å². The van der Waals surface area contributed by atoms with Crippen molar-refractivity contribution in [3.05, 3.63) is 0 Å². The highest BCUT2D eigenvalue weighted by atomic mass is 33.2. The van der Waals surface area contributed by atoms with E-state index >= 15 is 0 Å². The lowest BCUT2D eigenvalue weighted by atomic mass is 11.8. The normalized spacial score (nSPS) is 36.4. The van der Waals surface area contributed by atoms with E-state index in [0.29, 0.717) is 0 Å². The van der Waals surface area contributed by atoms with Crippen LogP contribution in [-0.2, 0) is 0 Å². The van der Waals surface area contributed by atoms with E-state index in [1.807, 2.05) is 0 Å². The Balaban J connectivity index is 2.38. The molecule has 5 heavy (non-hydrogen) atoms. The van der Waals surface area contributed by atoms with Gasteiger partial charge in [-0.05, 0) is 12.5 Å². The van der Waals surface area contributed by atoms with Gasteiger partial charge in [-0.2, -0.15) is 9.06 Å². The zero-order chi connectivity index (χ0) is 3.91. The summed E-state index contributed by atoms with van der Waals surface area (Å²) < 4.78 is 0. The molecule has 1 fully saturated rings. The first-order valence-electron chi connectivity index (χ1n) is 1.56. The Morgan fingerprint density at radius 3 is 1.80 bits per heavy atom. The molecule has 0 saturated carbocycles. The Labute approximate surface area is 38.0 Å². The molecular formula is C3H8S2. The van der Waals surface area contributed by atoms with Gasteiger partial charge < -0.3 is 0 Å². The molecule has 0 amide bonds. The van der Waals surface area contributed by atoms with Crippen LogP contribution in [0.5, 0.6) is 0 Å². The lowest BCUT2D eigenvalue weighted by molar-refractivity contribution is 2.18. The van der Waals surface area contributed by atoms with E-state index in [9.17, 15) is 0 Å². The highest BCUT2D eigenvalue weighted by Gasteiger charge is 2.25. The van der Waals surface area contributed by atoms with Gasteiger partial charge in [0, 0.05) is 5.08 Å². The summed E-state index contributed by atoms with van der Waals surface area (Å²) >= 11 is 0. The SMILES string of the molecule is CS1(C)CS1. The molecule has 0 atom stereocenters. The maximum Gasteiger partial charge on any atom is 0.0402 e. The highest BCUT2D eigenvalue weighted by molar-refractivity contribution is 9.08. The van der Waals surface area contributed by atoms with Crippen molar-refractivity contribution in [2.24, 2.45) is 0 Å². The van der Waals surface area contributed by atoms with Crippen molar-refractivity contribution in [3.8, 4) is 0 Å². The summed E-state index contributed by atoms with van der Waals surface area (Å²) in [6.45, 7) is 0. The number of rotatable bonds is 0. The molecular weight excluding hydrogens is 100 g/mol. The first kappa shape index (κ1) is 3.88. The van der Waals surface area contributed by atoms with Crippen LogP contribution in [0, 0.1) is 0 Å². The van der Waals surface area contributed by atoms with Crippen LogP contribution in [0.25, 0.3) is 0 Å². The maximum atomic E-state index is 2.34. The van der Waals surface area contributed by atoms with Gasteiger partial charge >= 0.3 is 0 Å². The Hall–Kier alpha value is 0.700. The van der Waals surface area contributed by atoms with Crippen LogP contribution < -0.4 is 0 Å². The summed E-state index contributed by atoms with van der Waals surface area (Å²) in [6, 6.07) is 0. The summed E-state index contributed by atoms with van der Waals surface area (Å²) in [7, 11) is 2.11. The zero-order valence-corrected chi connectivity index (χ0v) is 5.16. The molecule has 0 nitrogen and oxygen atoms in total. The quantitative estimate of drug-likeness (QED) is 0.336. The van der Waals surface area contributed by atoms with Crippen LogP contribution in [0.15, 0.2) is 0 Å². The van der Waals surface area contributed by atoms with Crippen LogP contribution in [0.3, 0.4) is 0 Å². The molecule has 0 bridgehead atoms. The van der Waals surface area contributed by atoms with Crippen molar-refractivity contribution in [3.63, 3.8) is 0 Å². The van der Waals surface area contributed by atoms with E-state index in [0.717, 1.165) is 0 Å². The minimum Gasteiger partial charge on any atom is -0.188 e. The molecule has 0 aliphatic carbocycles. The first-order chi connectivity index (χ1) is 2.21.